The van der Waals surface area contributed by atoms with Crippen LogP contribution in [-0.2, 0) is 16.1 Å². The van der Waals surface area contributed by atoms with Crippen molar-refractivity contribution in [3.8, 4) is 0 Å². The molecule has 1 aliphatic rings. The summed E-state index contributed by atoms with van der Waals surface area (Å²) < 4.78 is 0. The number of carbonyl (C=O) groups is 2. The van der Waals surface area contributed by atoms with E-state index in [0.717, 1.165) is 30.8 Å². The number of anilines is 1. The molecule has 1 heterocycles. The normalized spacial score (nSPS) is 17.8. The highest BCUT2D eigenvalue weighted by molar-refractivity contribution is 5.92. The van der Waals surface area contributed by atoms with Gasteiger partial charge in [0.05, 0.1) is 5.92 Å². The molecule has 1 aliphatic heterocycles. The maximum Gasteiger partial charge on any atom is 0.226 e. The van der Waals surface area contributed by atoms with Crippen molar-refractivity contribution in [1.29, 1.82) is 0 Å². The van der Waals surface area contributed by atoms with Crippen LogP contribution in [0.2, 0.25) is 0 Å². The van der Waals surface area contributed by atoms with E-state index in [1.165, 1.54) is 0 Å². The molecule has 114 valence electrons. The predicted molar refractivity (Wildman–Crippen MR) is 82.7 cm³/mol. The lowest BCUT2D eigenvalue weighted by Gasteiger charge is -2.11. The van der Waals surface area contributed by atoms with Gasteiger partial charge in [0.15, 0.2) is 0 Å². The highest BCUT2D eigenvalue weighted by atomic mass is 16.2. The van der Waals surface area contributed by atoms with E-state index in [4.69, 9.17) is 0 Å². The van der Waals surface area contributed by atoms with Crippen LogP contribution in [0.4, 0.5) is 5.69 Å². The Morgan fingerprint density at radius 1 is 1.29 bits per heavy atom. The Morgan fingerprint density at radius 2 is 2.00 bits per heavy atom. The second kappa shape index (κ2) is 7.22. The number of rotatable bonds is 5. The quantitative estimate of drug-likeness (QED) is 0.769. The van der Waals surface area contributed by atoms with Gasteiger partial charge in [0, 0.05) is 24.7 Å². The van der Waals surface area contributed by atoms with E-state index in [-0.39, 0.29) is 23.7 Å². The summed E-state index contributed by atoms with van der Waals surface area (Å²) in [5.41, 5.74) is 1.81. The smallest absolute Gasteiger partial charge is 0.226 e. The van der Waals surface area contributed by atoms with Crippen LogP contribution in [0, 0.1) is 11.8 Å². The van der Waals surface area contributed by atoms with E-state index in [2.05, 4.69) is 16.0 Å². The van der Waals surface area contributed by atoms with Crippen LogP contribution in [0.25, 0.3) is 0 Å². The second-order valence-corrected chi connectivity index (χ2v) is 5.75. The maximum absolute atomic E-state index is 11.9. The molecule has 2 amide bonds. The van der Waals surface area contributed by atoms with Crippen molar-refractivity contribution in [3.63, 3.8) is 0 Å². The van der Waals surface area contributed by atoms with Crippen LogP contribution < -0.4 is 16.0 Å². The number of carbonyl (C=O) groups excluding carboxylic acids is 2. The minimum Gasteiger partial charge on any atom is -0.352 e. The molecule has 1 atom stereocenters. The number of nitrogens with one attached hydrogen (secondary N) is 3. The minimum atomic E-state index is -0.0380. The number of benzene rings is 1. The van der Waals surface area contributed by atoms with E-state index in [1.807, 2.05) is 38.1 Å². The molecule has 0 spiro atoms. The van der Waals surface area contributed by atoms with Gasteiger partial charge in [-0.15, -0.1) is 0 Å². The third-order valence-corrected chi connectivity index (χ3v) is 3.64. The first-order valence-electron chi connectivity index (χ1n) is 7.44. The molecule has 1 aromatic carbocycles. The zero-order chi connectivity index (χ0) is 15.2. The van der Waals surface area contributed by atoms with Gasteiger partial charge < -0.3 is 16.0 Å². The summed E-state index contributed by atoms with van der Waals surface area (Å²) in [6.45, 7) is 5.93. The summed E-state index contributed by atoms with van der Waals surface area (Å²) in [4.78, 5) is 23.5. The molecule has 0 aromatic heterocycles. The Hall–Kier alpha value is -1.88. The van der Waals surface area contributed by atoms with E-state index in [1.54, 1.807) is 0 Å². The van der Waals surface area contributed by atoms with Crippen molar-refractivity contribution < 1.29 is 9.59 Å². The van der Waals surface area contributed by atoms with E-state index >= 15 is 0 Å². The van der Waals surface area contributed by atoms with Crippen molar-refractivity contribution in [3.05, 3.63) is 29.8 Å². The molecule has 0 bridgehead atoms. The number of hydrogen-bond acceptors (Lipinski definition) is 3. The molecule has 5 heteroatoms. The molecular weight excluding hydrogens is 266 g/mol. The third kappa shape index (κ3) is 4.56. The molecule has 1 saturated heterocycles. The van der Waals surface area contributed by atoms with E-state index < -0.39 is 0 Å². The van der Waals surface area contributed by atoms with E-state index in [0.29, 0.717) is 6.54 Å². The molecule has 1 fully saturated rings. The Bertz CT molecular complexity index is 491. The van der Waals surface area contributed by atoms with Crippen LogP contribution in [0.1, 0.15) is 25.8 Å². The fourth-order valence-electron chi connectivity index (χ4n) is 2.20. The van der Waals surface area contributed by atoms with Gasteiger partial charge >= 0.3 is 0 Å². The van der Waals surface area contributed by atoms with Gasteiger partial charge in [-0.3, -0.25) is 9.59 Å². The highest BCUT2D eigenvalue weighted by Gasteiger charge is 2.21. The van der Waals surface area contributed by atoms with Crippen LogP contribution in [0.3, 0.4) is 0 Å². The molecule has 0 radical (unpaired) electrons. The fraction of sp³-hybridized carbons (Fsp3) is 0.500. The van der Waals surface area contributed by atoms with Gasteiger partial charge in [-0.05, 0) is 30.7 Å². The average molecular weight is 289 g/mol. The molecular formula is C16H23N3O2. The van der Waals surface area contributed by atoms with Crippen molar-refractivity contribution in [2.45, 2.75) is 26.8 Å². The Balaban J connectivity index is 1.82. The van der Waals surface area contributed by atoms with Crippen molar-refractivity contribution in [1.82, 2.24) is 10.6 Å². The standard InChI is InChI=1S/C16H23N3O2/c1-11(2)15(20)19-14-5-3-12(4-6-14)9-18-16(21)13-7-8-17-10-13/h3-6,11,13,17H,7-10H2,1-2H3,(H,18,21)(H,19,20). The molecule has 0 saturated carbocycles. The summed E-state index contributed by atoms with van der Waals surface area (Å²) in [7, 11) is 0. The largest absolute Gasteiger partial charge is 0.352 e. The first-order valence-corrected chi connectivity index (χ1v) is 7.44. The Morgan fingerprint density at radius 3 is 2.57 bits per heavy atom. The average Bonchev–Trinajstić information content (AvgIpc) is 3.00. The van der Waals surface area contributed by atoms with Gasteiger partial charge in [0.2, 0.25) is 11.8 Å². The topological polar surface area (TPSA) is 70.2 Å². The van der Waals surface area contributed by atoms with E-state index in [9.17, 15) is 9.59 Å². The monoisotopic (exact) mass is 289 g/mol. The van der Waals surface area contributed by atoms with Crippen molar-refractivity contribution in [2.24, 2.45) is 11.8 Å². The molecule has 5 nitrogen and oxygen atoms in total. The van der Waals surface area contributed by atoms with Gasteiger partial charge in [0.1, 0.15) is 0 Å². The van der Waals surface area contributed by atoms with Crippen LogP contribution in [0.5, 0.6) is 0 Å². The lowest BCUT2D eigenvalue weighted by atomic mass is 10.1. The summed E-state index contributed by atoms with van der Waals surface area (Å²) in [5.74, 6) is 0.167. The maximum atomic E-state index is 11.9. The highest BCUT2D eigenvalue weighted by Crippen LogP contribution is 2.12. The summed E-state index contributed by atoms with van der Waals surface area (Å²) in [5, 5.41) is 8.98. The SMILES string of the molecule is CC(C)C(=O)Nc1ccc(CNC(=O)C2CCNC2)cc1. The van der Waals surface area contributed by atoms with Crippen LogP contribution in [0.15, 0.2) is 24.3 Å². The Labute approximate surface area is 125 Å². The molecule has 2 rings (SSSR count). The van der Waals surface area contributed by atoms with Gasteiger partial charge in [-0.1, -0.05) is 26.0 Å². The fourth-order valence-corrected chi connectivity index (χ4v) is 2.20. The zero-order valence-electron chi connectivity index (χ0n) is 12.6. The zero-order valence-corrected chi connectivity index (χ0v) is 12.6. The van der Waals surface area contributed by atoms with Gasteiger partial charge in [0.25, 0.3) is 0 Å². The lowest BCUT2D eigenvalue weighted by molar-refractivity contribution is -0.124. The van der Waals surface area contributed by atoms with Crippen LogP contribution >= 0.6 is 0 Å². The molecule has 21 heavy (non-hydrogen) atoms. The lowest BCUT2D eigenvalue weighted by Crippen LogP contribution is -2.31. The molecule has 1 unspecified atom stereocenters. The number of hydrogen-bond donors (Lipinski definition) is 3. The second-order valence-electron chi connectivity index (χ2n) is 5.75. The van der Waals surface area contributed by atoms with Crippen LogP contribution in [-0.4, -0.2) is 24.9 Å². The van der Waals surface area contributed by atoms with Gasteiger partial charge in [-0.2, -0.15) is 0 Å². The van der Waals surface area contributed by atoms with Crippen molar-refractivity contribution >= 4 is 17.5 Å². The Kier molecular flexibility index (Phi) is 5.33. The molecule has 1 aromatic rings. The first-order chi connectivity index (χ1) is 10.1. The van der Waals surface area contributed by atoms with Gasteiger partial charge in [-0.25, -0.2) is 0 Å². The predicted octanol–water partition coefficient (Wildman–Crippen LogP) is 1.51. The minimum absolute atomic E-state index is 0.00443. The van der Waals surface area contributed by atoms with Crippen molar-refractivity contribution in [2.75, 3.05) is 18.4 Å². The molecule has 0 aliphatic carbocycles. The first kappa shape index (κ1) is 15.5. The molecule has 3 N–H and O–H groups in total. The summed E-state index contributed by atoms with van der Waals surface area (Å²) >= 11 is 0. The number of amides is 2. The third-order valence-electron chi connectivity index (χ3n) is 3.64. The summed E-state index contributed by atoms with van der Waals surface area (Å²) in [6, 6.07) is 7.56. The summed E-state index contributed by atoms with van der Waals surface area (Å²) in [6.07, 6.45) is 0.909.